The van der Waals surface area contributed by atoms with Gasteiger partial charge in [-0.05, 0) is 78.2 Å². The van der Waals surface area contributed by atoms with Gasteiger partial charge in [0.25, 0.3) is 5.91 Å². The minimum Gasteiger partial charge on any atom is -0.456 e. The second kappa shape index (κ2) is 8.12. The zero-order valence-corrected chi connectivity index (χ0v) is 15.9. The summed E-state index contributed by atoms with van der Waals surface area (Å²) in [5.41, 5.74) is -0.530. The molecule has 0 unspecified atom stereocenters. The van der Waals surface area contributed by atoms with Gasteiger partial charge < -0.3 is 15.0 Å². The number of likely N-dealkylation sites (tertiary alicyclic amines) is 1. The van der Waals surface area contributed by atoms with E-state index in [1.165, 1.54) is 24.2 Å². The van der Waals surface area contributed by atoms with Crippen molar-refractivity contribution in [2.45, 2.75) is 45.6 Å². The van der Waals surface area contributed by atoms with Gasteiger partial charge in [-0.3, -0.25) is 4.79 Å². The molecule has 2 rings (SSSR count). The fourth-order valence-electron chi connectivity index (χ4n) is 2.73. The molecule has 1 N–H and O–H groups in total. The molecule has 1 aliphatic heterocycles. The summed E-state index contributed by atoms with van der Waals surface area (Å²) >= 11 is 1.18. The minimum atomic E-state index is -0.530. The standard InChI is InChI=1S/C18H28N2O3S/c1-18(2,3)23-17(22)15-6-5-14(24-15)16(21)19-10-7-13-8-11-20(4)12-9-13/h5-6,13H,7-12H2,1-4H3,(H,19,21). The maximum Gasteiger partial charge on any atom is 0.348 e. The van der Waals surface area contributed by atoms with Gasteiger partial charge in [0.05, 0.1) is 4.88 Å². The third-order valence-corrected chi connectivity index (χ3v) is 5.17. The number of thiophene rings is 1. The topological polar surface area (TPSA) is 58.6 Å². The highest BCUT2D eigenvalue weighted by atomic mass is 32.1. The first-order valence-corrected chi connectivity index (χ1v) is 9.36. The van der Waals surface area contributed by atoms with Gasteiger partial charge in [0.15, 0.2) is 0 Å². The average molecular weight is 353 g/mol. The Morgan fingerprint density at radius 2 is 1.88 bits per heavy atom. The van der Waals surface area contributed by atoms with Crippen molar-refractivity contribution < 1.29 is 14.3 Å². The van der Waals surface area contributed by atoms with E-state index >= 15 is 0 Å². The zero-order chi connectivity index (χ0) is 17.7. The highest BCUT2D eigenvalue weighted by molar-refractivity contribution is 7.15. The lowest BCUT2D eigenvalue weighted by Crippen LogP contribution is -2.32. The van der Waals surface area contributed by atoms with Gasteiger partial charge in [-0.2, -0.15) is 0 Å². The van der Waals surface area contributed by atoms with E-state index in [2.05, 4.69) is 17.3 Å². The van der Waals surface area contributed by atoms with Crippen LogP contribution in [0.3, 0.4) is 0 Å². The first kappa shape index (κ1) is 18.9. The molecule has 1 aromatic heterocycles. The van der Waals surface area contributed by atoms with E-state index in [0.717, 1.165) is 19.5 Å². The van der Waals surface area contributed by atoms with E-state index in [9.17, 15) is 9.59 Å². The number of hydrogen-bond donors (Lipinski definition) is 1. The van der Waals surface area contributed by atoms with Crippen LogP contribution in [-0.2, 0) is 4.74 Å². The lowest BCUT2D eigenvalue weighted by molar-refractivity contribution is 0.00751. The number of rotatable bonds is 5. The molecule has 0 radical (unpaired) electrons. The maximum absolute atomic E-state index is 12.2. The Morgan fingerprint density at radius 1 is 1.25 bits per heavy atom. The van der Waals surface area contributed by atoms with Gasteiger partial charge in [0.1, 0.15) is 10.5 Å². The fourth-order valence-corrected chi connectivity index (χ4v) is 3.52. The molecule has 6 heteroatoms. The lowest BCUT2D eigenvalue weighted by Gasteiger charge is -2.28. The van der Waals surface area contributed by atoms with Gasteiger partial charge in [0, 0.05) is 6.54 Å². The molecular weight excluding hydrogens is 324 g/mol. The van der Waals surface area contributed by atoms with Crippen LogP contribution in [-0.4, -0.2) is 49.1 Å². The lowest BCUT2D eigenvalue weighted by atomic mass is 9.94. The summed E-state index contributed by atoms with van der Waals surface area (Å²) in [5.74, 6) is 0.211. The zero-order valence-electron chi connectivity index (χ0n) is 15.1. The van der Waals surface area contributed by atoms with Crippen LogP contribution < -0.4 is 5.32 Å². The van der Waals surface area contributed by atoms with E-state index in [1.54, 1.807) is 12.1 Å². The van der Waals surface area contributed by atoms with Crippen LogP contribution in [0.15, 0.2) is 12.1 Å². The summed E-state index contributed by atoms with van der Waals surface area (Å²) in [5, 5.41) is 2.96. The Labute approximate surface area is 148 Å². The number of hydrogen-bond acceptors (Lipinski definition) is 5. The second-order valence-corrected chi connectivity index (χ2v) is 8.54. The van der Waals surface area contributed by atoms with Crippen molar-refractivity contribution in [3.8, 4) is 0 Å². The molecule has 24 heavy (non-hydrogen) atoms. The minimum absolute atomic E-state index is 0.109. The van der Waals surface area contributed by atoms with Gasteiger partial charge >= 0.3 is 5.97 Å². The quantitative estimate of drug-likeness (QED) is 0.827. The predicted octanol–water partition coefficient (Wildman–Crippen LogP) is 3.17. The number of amides is 1. The molecule has 1 amide bonds. The second-order valence-electron chi connectivity index (χ2n) is 7.46. The highest BCUT2D eigenvalue weighted by Crippen LogP contribution is 2.21. The first-order chi connectivity index (χ1) is 11.2. The Balaban J connectivity index is 1.78. The summed E-state index contributed by atoms with van der Waals surface area (Å²) < 4.78 is 5.32. The summed E-state index contributed by atoms with van der Waals surface area (Å²) in [7, 11) is 2.15. The molecule has 1 saturated heterocycles. The monoisotopic (exact) mass is 352 g/mol. The molecule has 1 aliphatic rings. The van der Waals surface area contributed by atoms with Crippen molar-refractivity contribution in [1.29, 1.82) is 0 Å². The SMILES string of the molecule is CN1CCC(CCNC(=O)c2ccc(C(=O)OC(C)(C)C)s2)CC1. The van der Waals surface area contributed by atoms with E-state index < -0.39 is 5.60 Å². The van der Waals surface area contributed by atoms with Gasteiger partial charge in [-0.15, -0.1) is 11.3 Å². The van der Waals surface area contributed by atoms with Crippen molar-refractivity contribution in [3.05, 3.63) is 21.9 Å². The fraction of sp³-hybridized carbons (Fsp3) is 0.667. The molecule has 0 atom stereocenters. The van der Waals surface area contributed by atoms with Crippen molar-refractivity contribution in [3.63, 3.8) is 0 Å². The molecule has 0 aliphatic carbocycles. The van der Waals surface area contributed by atoms with Crippen molar-refractivity contribution in [2.24, 2.45) is 5.92 Å². The first-order valence-electron chi connectivity index (χ1n) is 8.54. The number of nitrogens with one attached hydrogen (secondary N) is 1. The van der Waals surface area contributed by atoms with E-state index in [1.807, 2.05) is 20.8 Å². The van der Waals surface area contributed by atoms with Crippen molar-refractivity contribution in [1.82, 2.24) is 10.2 Å². The van der Waals surface area contributed by atoms with Crippen LogP contribution >= 0.6 is 11.3 Å². The van der Waals surface area contributed by atoms with E-state index in [0.29, 0.717) is 22.2 Å². The van der Waals surface area contributed by atoms with Crippen LogP contribution in [0, 0.1) is 5.92 Å². The largest absolute Gasteiger partial charge is 0.456 e. The Kier molecular flexibility index (Phi) is 6.40. The normalized spacial score (nSPS) is 16.8. The molecule has 0 spiro atoms. The van der Waals surface area contributed by atoms with Crippen LogP contribution in [0.1, 0.15) is 59.4 Å². The number of esters is 1. The predicted molar refractivity (Wildman–Crippen MR) is 96.7 cm³/mol. The number of piperidine rings is 1. The molecular formula is C18H28N2O3S. The maximum atomic E-state index is 12.2. The number of ether oxygens (including phenoxy) is 1. The number of nitrogens with zero attached hydrogens (tertiary/aromatic N) is 1. The molecule has 0 aromatic carbocycles. The van der Waals surface area contributed by atoms with Gasteiger partial charge in [0.2, 0.25) is 0 Å². The molecule has 134 valence electrons. The smallest absolute Gasteiger partial charge is 0.348 e. The van der Waals surface area contributed by atoms with Gasteiger partial charge in [-0.25, -0.2) is 4.79 Å². The number of carbonyl (C=O) groups excluding carboxylic acids is 2. The van der Waals surface area contributed by atoms with E-state index in [-0.39, 0.29) is 11.9 Å². The summed E-state index contributed by atoms with van der Waals surface area (Å²) in [6, 6.07) is 3.35. The molecule has 0 saturated carbocycles. The molecule has 1 aromatic rings. The highest BCUT2D eigenvalue weighted by Gasteiger charge is 2.21. The van der Waals surface area contributed by atoms with Crippen LogP contribution in [0.4, 0.5) is 0 Å². The van der Waals surface area contributed by atoms with Crippen molar-refractivity contribution >= 4 is 23.2 Å². The average Bonchev–Trinajstić information content (AvgIpc) is 2.97. The molecule has 1 fully saturated rings. The molecule has 2 heterocycles. The van der Waals surface area contributed by atoms with Crippen LogP contribution in [0.5, 0.6) is 0 Å². The third-order valence-electron chi connectivity index (χ3n) is 4.11. The number of carbonyl (C=O) groups is 2. The van der Waals surface area contributed by atoms with E-state index in [4.69, 9.17) is 4.74 Å². The third kappa shape index (κ3) is 5.91. The van der Waals surface area contributed by atoms with Crippen LogP contribution in [0.25, 0.3) is 0 Å². The van der Waals surface area contributed by atoms with Crippen LogP contribution in [0.2, 0.25) is 0 Å². The Bertz CT molecular complexity index is 569. The summed E-state index contributed by atoms with van der Waals surface area (Å²) in [4.78, 5) is 27.6. The Morgan fingerprint density at radius 3 is 2.50 bits per heavy atom. The summed E-state index contributed by atoms with van der Waals surface area (Å²) in [6.45, 7) is 8.46. The molecule has 0 bridgehead atoms. The molecule has 5 nitrogen and oxygen atoms in total. The Hall–Kier alpha value is -1.40. The van der Waals surface area contributed by atoms with Gasteiger partial charge in [-0.1, -0.05) is 0 Å². The van der Waals surface area contributed by atoms with Crippen molar-refractivity contribution in [2.75, 3.05) is 26.7 Å². The summed E-state index contributed by atoms with van der Waals surface area (Å²) in [6.07, 6.45) is 3.42.